The van der Waals surface area contributed by atoms with E-state index >= 15 is 0 Å². The van der Waals surface area contributed by atoms with Gasteiger partial charge in [0.25, 0.3) is 0 Å². The molecule has 15 unspecified atom stereocenters. The van der Waals surface area contributed by atoms with Gasteiger partial charge in [-0.25, -0.2) is 0 Å². The van der Waals surface area contributed by atoms with Crippen LogP contribution in [0, 0.1) is 44.1 Å². The van der Waals surface area contributed by atoms with Crippen LogP contribution in [-0.4, -0.2) is 301 Å². The SMILES string of the molecule is CC(=O)NC1C(OCCCCC(=O)NCCCC(=O)NCCCN(CCCCNCCCNC(=O)CCCNC(=O)CCCCOC2OC(COC(C)=O)C(OC(C)=O)C(OC(C)=O)C2NC(C)=O)C(=O)CCCNC(=O)CCCCOC2OC(COC(C)=O)C(OC(C)=O)C(OC(C)=O)C2NC(C)=O)OC(CO)C(OC(C)=O)C1OC(C)=O.[Ac]. The second-order valence-electron chi connectivity index (χ2n) is 28.6. The number of nitrogens with zero attached hydrogens (tertiary/aromatic N) is 1. The van der Waals surface area contributed by atoms with E-state index < -0.39 is 171 Å². The third kappa shape index (κ3) is 46.4. The molecule has 10 N–H and O–H groups in total. The van der Waals surface area contributed by atoms with E-state index in [1.165, 1.54) is 27.7 Å². The Morgan fingerprint density at radius 3 is 0.917 bits per heavy atom. The van der Waals surface area contributed by atoms with E-state index in [2.05, 4.69) is 47.9 Å². The number of hydrogen-bond donors (Lipinski definition) is 10. The minimum atomic E-state index is -1.30. The Kier molecular flexibility index (Phi) is 55.4. The first-order valence-electron chi connectivity index (χ1n) is 40.4. The van der Waals surface area contributed by atoms with Crippen molar-refractivity contribution in [1.29, 1.82) is 0 Å². The van der Waals surface area contributed by atoms with Gasteiger partial charge in [-0.3, -0.25) is 81.5 Å². The molecule has 3 saturated heterocycles. The van der Waals surface area contributed by atoms with Crippen LogP contribution in [0.5, 0.6) is 0 Å². The Hall–Kier alpha value is -7.89. The van der Waals surface area contributed by atoms with Gasteiger partial charge in [-0.05, 0) is 96.6 Å². The van der Waals surface area contributed by atoms with Crippen LogP contribution in [0.3, 0.4) is 0 Å². The molecule has 1 radical (unpaired) electrons. The van der Waals surface area contributed by atoms with Gasteiger partial charge in [0, 0.05) is 224 Å². The topological polar surface area (TPSA) is 551 Å². The summed E-state index contributed by atoms with van der Waals surface area (Å²) >= 11 is 0. The van der Waals surface area contributed by atoms with E-state index in [1.807, 2.05) is 0 Å². The quantitative estimate of drug-likeness (QED) is 0.0195. The van der Waals surface area contributed by atoms with Gasteiger partial charge in [0.2, 0.25) is 53.2 Å². The van der Waals surface area contributed by atoms with Crippen LogP contribution in [0.1, 0.15) is 198 Å². The fourth-order valence-electron chi connectivity index (χ4n) is 12.9. The molecule has 9 amide bonds. The fraction of sp³-hybridized carbons (Fsp3) is 0.779. The number of carbonyl (C=O) groups excluding carboxylic acids is 17. The van der Waals surface area contributed by atoms with Gasteiger partial charge in [0.1, 0.15) is 49.7 Å². The molecular formula is C77H126AcN10O32. The van der Waals surface area contributed by atoms with Crippen LogP contribution in [0.4, 0.5) is 0 Å². The monoisotopic (exact) mass is 1930 g/mol. The van der Waals surface area contributed by atoms with Crippen molar-refractivity contribution in [1.82, 2.24) is 52.8 Å². The molecule has 0 spiro atoms. The van der Waals surface area contributed by atoms with E-state index in [9.17, 15) is 86.6 Å². The molecule has 3 rings (SSSR count). The van der Waals surface area contributed by atoms with Crippen LogP contribution in [0.25, 0.3) is 0 Å². The second-order valence-corrected chi connectivity index (χ2v) is 28.6. The predicted octanol–water partition coefficient (Wildman–Crippen LogP) is -1.16. The number of esters is 8. The van der Waals surface area contributed by atoms with Gasteiger partial charge in [0.05, 0.1) is 6.61 Å². The normalized spacial score (nSPS) is 22.2. The molecule has 15 atom stereocenters. The van der Waals surface area contributed by atoms with Crippen molar-refractivity contribution in [2.24, 2.45) is 0 Å². The summed E-state index contributed by atoms with van der Waals surface area (Å²) in [7, 11) is 0. The molecule has 120 heavy (non-hydrogen) atoms. The number of ether oxygens (including phenoxy) is 14. The van der Waals surface area contributed by atoms with Crippen molar-refractivity contribution >= 4 is 101 Å². The predicted molar refractivity (Wildman–Crippen MR) is 413 cm³/mol. The Morgan fingerprint density at radius 2 is 0.592 bits per heavy atom. The average Bonchev–Trinajstić information content (AvgIpc) is 0.763. The maximum absolute atomic E-state index is 13.8. The molecule has 0 aliphatic carbocycles. The molecule has 3 fully saturated rings. The summed E-state index contributed by atoms with van der Waals surface area (Å²) in [4.78, 5) is 212. The van der Waals surface area contributed by atoms with Gasteiger partial charge >= 0.3 is 47.8 Å². The summed E-state index contributed by atoms with van der Waals surface area (Å²) in [5, 5.41) is 35.4. The largest absolute Gasteiger partial charge is 0.463 e. The zero-order valence-electron chi connectivity index (χ0n) is 70.8. The van der Waals surface area contributed by atoms with Crippen molar-refractivity contribution in [2.75, 3.05) is 98.5 Å². The summed E-state index contributed by atoms with van der Waals surface area (Å²) in [6, 6.07) is -3.40. The molecule has 0 aromatic heterocycles. The molecule has 0 bridgehead atoms. The molecule has 0 aromatic rings. The number of amides is 9. The van der Waals surface area contributed by atoms with E-state index in [0.29, 0.717) is 116 Å². The summed E-state index contributed by atoms with van der Waals surface area (Å²) in [6.07, 6.45) is -8.48. The van der Waals surface area contributed by atoms with Gasteiger partial charge in [-0.2, -0.15) is 0 Å². The Balaban J connectivity index is 0.0000488. The number of aliphatic hydroxyl groups excluding tert-OH is 1. The van der Waals surface area contributed by atoms with Crippen LogP contribution in [0.15, 0.2) is 0 Å². The second kappa shape index (κ2) is 61.4. The number of hydrogen-bond acceptors (Lipinski definition) is 33. The van der Waals surface area contributed by atoms with E-state index in [-0.39, 0.29) is 171 Å². The number of carbonyl (C=O) groups is 17. The first-order chi connectivity index (χ1) is 56.6. The number of unbranched alkanes of at least 4 members (excludes halogenated alkanes) is 4. The van der Waals surface area contributed by atoms with Crippen LogP contribution < -0.4 is 47.9 Å². The third-order valence-electron chi connectivity index (χ3n) is 18.0. The minimum absolute atomic E-state index is 0. The first kappa shape index (κ1) is 108. The number of nitrogens with one attached hydrogen (secondary N) is 9. The van der Waals surface area contributed by atoms with E-state index in [0.717, 1.165) is 48.5 Å². The Morgan fingerprint density at radius 1 is 0.308 bits per heavy atom. The molecule has 0 aromatic carbocycles. The Bertz CT molecular complexity index is 3270. The van der Waals surface area contributed by atoms with Crippen molar-refractivity contribution < 1.29 is 197 Å². The van der Waals surface area contributed by atoms with Crippen molar-refractivity contribution in [3.8, 4) is 0 Å². The molecule has 3 heterocycles. The molecule has 42 nitrogen and oxygen atoms in total. The van der Waals surface area contributed by atoms with E-state index in [1.54, 1.807) is 4.90 Å². The zero-order chi connectivity index (χ0) is 88.4. The third-order valence-corrected chi connectivity index (χ3v) is 18.0. The summed E-state index contributed by atoms with van der Waals surface area (Å²) in [6.45, 7) is 14.7. The molecule has 3 aliphatic rings. The standard InChI is InChI=1S/C77H126N10O32.Ac/c1-46(89)84-66-72(114-54(9)97)69(111-51(6)94)57(43-88)117-75(66)106-40-17-12-25-60(100)80-34-21-29-64(104)83-37-24-39-87(65(105)30-22-35-81-62(102)27-14-19-42-108-77-68(86-48(3)91)74(116-56(11)99)71(113-53(8)96)59(119-77)45-110-50(5)93)38-16-15-31-78-32-23-36-82-63(103)28-20-33-79-61(101)26-13-18-41-107-76-67(85-47(2)90)73(115-55(10)98)70(112-52(7)95)58(118-76)44-109-49(4)92;/h57-59,66-78,88H,12-45H2,1-11H3,(H,79,101)(H,80,100)(H,81,102)(H,82,103)(H,83,104)(H,84,89)(H,85,90)(H,86,91);. The van der Waals surface area contributed by atoms with Crippen molar-refractivity contribution in [2.45, 2.75) is 290 Å². The molecule has 679 valence electrons. The van der Waals surface area contributed by atoms with Crippen molar-refractivity contribution in [3.05, 3.63) is 0 Å². The van der Waals surface area contributed by atoms with Crippen LogP contribution in [0.2, 0.25) is 0 Å². The zero-order valence-corrected chi connectivity index (χ0v) is 75.6. The fourth-order valence-corrected chi connectivity index (χ4v) is 12.9. The average molecular weight is 1930 g/mol. The maximum Gasteiger partial charge on any atom is 0.303 e. The number of aliphatic hydroxyl groups is 1. The summed E-state index contributed by atoms with van der Waals surface area (Å²) in [5.41, 5.74) is 0. The number of rotatable bonds is 57. The summed E-state index contributed by atoms with van der Waals surface area (Å²) < 4.78 is 78.5. The summed E-state index contributed by atoms with van der Waals surface area (Å²) in [5.74, 6) is -8.79. The molecule has 43 heteroatoms. The molecular weight excluding hydrogens is 1800 g/mol. The van der Waals surface area contributed by atoms with E-state index in [4.69, 9.17) is 66.3 Å². The van der Waals surface area contributed by atoms with Gasteiger partial charge in [-0.1, -0.05) is 0 Å². The maximum atomic E-state index is 13.8. The molecule has 3 aliphatic heterocycles. The van der Waals surface area contributed by atoms with Gasteiger partial charge in [-0.15, -0.1) is 0 Å². The minimum Gasteiger partial charge on any atom is -0.463 e. The smallest absolute Gasteiger partial charge is 0.303 e. The van der Waals surface area contributed by atoms with Crippen molar-refractivity contribution in [3.63, 3.8) is 0 Å². The van der Waals surface area contributed by atoms with Gasteiger partial charge in [0.15, 0.2) is 55.5 Å². The Labute approximate surface area is 734 Å². The van der Waals surface area contributed by atoms with Crippen LogP contribution >= 0.6 is 0 Å². The van der Waals surface area contributed by atoms with Gasteiger partial charge < -0.3 is 124 Å². The first-order valence-corrected chi connectivity index (χ1v) is 40.4. The molecule has 0 saturated carbocycles. The van der Waals surface area contributed by atoms with Crippen LogP contribution in [-0.2, 0) is 148 Å².